The van der Waals surface area contributed by atoms with Crippen LogP contribution in [0, 0.1) is 5.82 Å². The Morgan fingerprint density at radius 1 is 0.931 bits per heavy atom. The van der Waals surface area contributed by atoms with Gasteiger partial charge in [0.2, 0.25) is 5.90 Å². The summed E-state index contributed by atoms with van der Waals surface area (Å²) in [5.74, 6) is -0.0997. The van der Waals surface area contributed by atoms with Crippen LogP contribution >= 0.6 is 0 Å². The van der Waals surface area contributed by atoms with Gasteiger partial charge in [-0.2, -0.15) is 0 Å². The van der Waals surface area contributed by atoms with Crippen LogP contribution in [0.1, 0.15) is 16.7 Å². The predicted octanol–water partition coefficient (Wildman–Crippen LogP) is 4.79. The molecule has 0 saturated carbocycles. The quantitative estimate of drug-likeness (QED) is 0.451. The van der Waals surface area contributed by atoms with E-state index in [0.717, 1.165) is 12.0 Å². The summed E-state index contributed by atoms with van der Waals surface area (Å²) in [5.41, 5.74) is 2.63. The van der Waals surface area contributed by atoms with Crippen LogP contribution in [0.15, 0.2) is 89.6 Å². The average Bonchev–Trinajstić information content (AvgIpc) is 3.11. The minimum absolute atomic E-state index is 0.156. The van der Waals surface area contributed by atoms with Crippen molar-refractivity contribution >= 4 is 17.9 Å². The summed E-state index contributed by atoms with van der Waals surface area (Å²) < 4.78 is 24.3. The highest BCUT2D eigenvalue weighted by Gasteiger charge is 2.24. The van der Waals surface area contributed by atoms with Gasteiger partial charge in [-0.05, 0) is 42.0 Å². The van der Waals surface area contributed by atoms with Crippen molar-refractivity contribution < 1.29 is 18.7 Å². The molecule has 0 saturated heterocycles. The molecule has 1 aliphatic heterocycles. The van der Waals surface area contributed by atoms with E-state index in [1.54, 1.807) is 6.08 Å². The monoisotopic (exact) mass is 387 g/mol. The van der Waals surface area contributed by atoms with E-state index in [9.17, 15) is 9.18 Å². The largest absolute Gasteiger partial charge is 0.493 e. The van der Waals surface area contributed by atoms with Crippen LogP contribution < -0.4 is 4.74 Å². The van der Waals surface area contributed by atoms with Gasteiger partial charge in [-0.3, -0.25) is 0 Å². The molecule has 0 aromatic heterocycles. The normalized spacial score (nSPS) is 14.6. The molecule has 1 aliphatic rings. The van der Waals surface area contributed by atoms with Crippen molar-refractivity contribution in [3.8, 4) is 5.75 Å². The number of rotatable bonds is 6. The number of nitrogens with zero attached hydrogens (tertiary/aromatic N) is 1. The minimum atomic E-state index is -0.552. The van der Waals surface area contributed by atoms with Gasteiger partial charge in [-0.1, -0.05) is 48.5 Å². The number of carbonyl (C=O) groups is 1. The van der Waals surface area contributed by atoms with Crippen LogP contribution in [0.3, 0.4) is 0 Å². The summed E-state index contributed by atoms with van der Waals surface area (Å²) in [6.07, 6.45) is 2.41. The van der Waals surface area contributed by atoms with Crippen molar-refractivity contribution in [1.29, 1.82) is 0 Å². The molecule has 144 valence electrons. The highest BCUT2D eigenvalue weighted by atomic mass is 19.1. The number of cyclic esters (lactones) is 1. The van der Waals surface area contributed by atoms with Gasteiger partial charge in [0.1, 0.15) is 11.6 Å². The predicted molar refractivity (Wildman–Crippen MR) is 109 cm³/mol. The first kappa shape index (κ1) is 18.6. The van der Waals surface area contributed by atoms with Gasteiger partial charge in [-0.25, -0.2) is 14.2 Å². The molecule has 29 heavy (non-hydrogen) atoms. The second-order valence-electron chi connectivity index (χ2n) is 6.46. The fourth-order valence-electron chi connectivity index (χ4n) is 2.93. The fraction of sp³-hybridized carbons (Fsp3) is 0.0833. The van der Waals surface area contributed by atoms with E-state index in [4.69, 9.17) is 9.47 Å². The van der Waals surface area contributed by atoms with E-state index in [0.29, 0.717) is 17.9 Å². The van der Waals surface area contributed by atoms with E-state index in [1.807, 2.05) is 42.5 Å². The zero-order valence-corrected chi connectivity index (χ0v) is 15.5. The summed E-state index contributed by atoms with van der Waals surface area (Å²) in [6.45, 7) is 0.513. The lowest BCUT2D eigenvalue weighted by Gasteiger charge is -2.09. The van der Waals surface area contributed by atoms with Crippen LogP contribution in [-0.2, 0) is 16.0 Å². The molecule has 3 aromatic rings. The molecule has 0 bridgehead atoms. The maximum atomic E-state index is 13.1. The Kier molecular flexibility index (Phi) is 5.47. The van der Waals surface area contributed by atoms with Gasteiger partial charge in [0.05, 0.1) is 6.61 Å². The number of hydrogen-bond donors (Lipinski definition) is 0. The zero-order valence-electron chi connectivity index (χ0n) is 15.5. The molecule has 5 heteroatoms. The molecule has 0 fully saturated rings. The van der Waals surface area contributed by atoms with E-state index in [1.165, 1.54) is 29.8 Å². The maximum Gasteiger partial charge on any atom is 0.363 e. The van der Waals surface area contributed by atoms with Gasteiger partial charge < -0.3 is 9.47 Å². The highest BCUT2D eigenvalue weighted by molar-refractivity contribution is 6.12. The first-order chi connectivity index (χ1) is 14.2. The van der Waals surface area contributed by atoms with Gasteiger partial charge >= 0.3 is 5.97 Å². The average molecular weight is 387 g/mol. The van der Waals surface area contributed by atoms with Crippen molar-refractivity contribution in [2.75, 3.05) is 6.61 Å². The van der Waals surface area contributed by atoms with Gasteiger partial charge in [-0.15, -0.1) is 0 Å². The Labute approximate surface area is 167 Å². The van der Waals surface area contributed by atoms with E-state index >= 15 is 0 Å². The van der Waals surface area contributed by atoms with Gasteiger partial charge in [0.15, 0.2) is 5.70 Å². The third-order valence-electron chi connectivity index (χ3n) is 4.41. The molecule has 1 heterocycles. The number of hydrogen-bond acceptors (Lipinski definition) is 4. The number of aliphatic imine (C=N–C) groups is 1. The second-order valence-corrected chi connectivity index (χ2v) is 6.46. The third-order valence-corrected chi connectivity index (χ3v) is 4.41. The van der Waals surface area contributed by atoms with Crippen molar-refractivity contribution in [2.45, 2.75) is 6.42 Å². The molecule has 0 N–H and O–H groups in total. The minimum Gasteiger partial charge on any atom is -0.493 e. The molecule has 0 spiro atoms. The molecule has 0 atom stereocenters. The zero-order chi connectivity index (χ0) is 20.1. The van der Waals surface area contributed by atoms with E-state index < -0.39 is 5.97 Å². The summed E-state index contributed by atoms with van der Waals surface area (Å²) in [4.78, 5) is 16.5. The maximum absolute atomic E-state index is 13.1. The number of ether oxygens (including phenoxy) is 2. The first-order valence-electron chi connectivity index (χ1n) is 9.23. The lowest BCUT2D eigenvalue weighted by molar-refractivity contribution is -0.129. The fourth-order valence-corrected chi connectivity index (χ4v) is 2.93. The molecule has 4 nitrogen and oxygen atoms in total. The summed E-state index contributed by atoms with van der Waals surface area (Å²) in [7, 11) is 0. The van der Waals surface area contributed by atoms with Crippen LogP contribution in [0.4, 0.5) is 4.39 Å². The van der Waals surface area contributed by atoms with E-state index in [-0.39, 0.29) is 17.4 Å². The number of halogens is 1. The molecule has 3 aromatic carbocycles. The first-order valence-corrected chi connectivity index (χ1v) is 9.23. The topological polar surface area (TPSA) is 47.9 Å². The smallest absolute Gasteiger partial charge is 0.363 e. The number of para-hydroxylation sites is 1. The highest BCUT2D eigenvalue weighted by Crippen LogP contribution is 2.25. The standard InChI is InChI=1S/C24H18FNO3/c25-20-12-10-18(11-13-20)23-26-21(24(27)29-23)16-19-8-4-5-9-22(19)28-15-14-17-6-2-1-3-7-17/h1-13,16H,14-15H2/b21-16-. The van der Waals surface area contributed by atoms with E-state index in [2.05, 4.69) is 17.1 Å². The molecule has 0 amide bonds. The van der Waals surface area contributed by atoms with Crippen LogP contribution in [0.25, 0.3) is 6.08 Å². The molecule has 0 radical (unpaired) electrons. The molecule has 0 aliphatic carbocycles. The molecular formula is C24H18FNO3. The van der Waals surface area contributed by atoms with Gasteiger partial charge in [0, 0.05) is 17.5 Å². The number of carbonyl (C=O) groups excluding carboxylic acids is 1. The number of esters is 1. The molecule has 0 unspecified atom stereocenters. The van der Waals surface area contributed by atoms with Crippen molar-refractivity contribution in [1.82, 2.24) is 0 Å². The van der Waals surface area contributed by atoms with Crippen LogP contribution in [0.5, 0.6) is 5.75 Å². The summed E-state index contributed by atoms with van der Waals surface area (Å²) in [5, 5.41) is 0. The van der Waals surface area contributed by atoms with Crippen molar-refractivity contribution in [2.24, 2.45) is 4.99 Å². The van der Waals surface area contributed by atoms with Gasteiger partial charge in [0.25, 0.3) is 0 Å². The summed E-state index contributed by atoms with van der Waals surface area (Å²) >= 11 is 0. The lowest BCUT2D eigenvalue weighted by atomic mass is 10.1. The lowest BCUT2D eigenvalue weighted by Crippen LogP contribution is -2.05. The van der Waals surface area contributed by atoms with Crippen LogP contribution in [-0.4, -0.2) is 18.5 Å². The summed E-state index contributed by atoms with van der Waals surface area (Å²) in [6, 6.07) is 23.1. The second kappa shape index (κ2) is 8.52. The SMILES string of the molecule is O=C1OC(c2ccc(F)cc2)=N/C1=C\c1ccccc1OCCc1ccccc1. The Bertz CT molecular complexity index is 1070. The molecule has 4 rings (SSSR count). The number of benzene rings is 3. The van der Waals surface area contributed by atoms with Crippen LogP contribution in [0.2, 0.25) is 0 Å². The Morgan fingerprint density at radius 2 is 1.66 bits per heavy atom. The van der Waals surface area contributed by atoms with Crippen molar-refractivity contribution in [3.05, 3.63) is 107 Å². The Hall–Kier alpha value is -3.73. The Balaban J connectivity index is 1.51. The third kappa shape index (κ3) is 4.58. The Morgan fingerprint density at radius 3 is 2.45 bits per heavy atom. The molecular weight excluding hydrogens is 369 g/mol. The van der Waals surface area contributed by atoms with Crippen molar-refractivity contribution in [3.63, 3.8) is 0 Å².